The van der Waals surface area contributed by atoms with Crippen LogP contribution in [0.1, 0.15) is 37.0 Å². The average molecular weight is 504 g/mol. The quantitative estimate of drug-likeness (QED) is 0.253. The predicted octanol–water partition coefficient (Wildman–Crippen LogP) is 6.47. The molecule has 2 aromatic rings. The molecule has 5 nitrogen and oxygen atoms in total. The monoisotopic (exact) mass is 503 g/mol. The van der Waals surface area contributed by atoms with Crippen LogP contribution >= 0.6 is 35.6 Å². The van der Waals surface area contributed by atoms with E-state index in [0.717, 1.165) is 17.8 Å². The number of halogens is 4. The van der Waals surface area contributed by atoms with Gasteiger partial charge < -0.3 is 9.52 Å². The maximum atomic E-state index is 12.9. The van der Waals surface area contributed by atoms with Crippen molar-refractivity contribution in [2.24, 2.45) is 0 Å². The largest absolute Gasteiger partial charge is 0.481 e. The Hall–Kier alpha value is -2.30. The summed E-state index contributed by atoms with van der Waals surface area (Å²) in [5, 5.41) is 8.23. The van der Waals surface area contributed by atoms with Gasteiger partial charge in [0, 0.05) is 24.6 Å². The molecular weight excluding hydrogens is 487 g/mol. The molecule has 0 aliphatic carbocycles. The summed E-state index contributed by atoms with van der Waals surface area (Å²) in [6, 6.07) is 6.51. The molecule has 1 aliphatic heterocycles. The summed E-state index contributed by atoms with van der Waals surface area (Å²) in [6.07, 6.45) is -1.10. The summed E-state index contributed by atoms with van der Waals surface area (Å²) in [5.74, 6) is -0.470. The number of thiocarbonyl (C=S) groups is 1. The van der Waals surface area contributed by atoms with Gasteiger partial charge in [-0.1, -0.05) is 48.1 Å². The Morgan fingerprint density at radius 2 is 1.97 bits per heavy atom. The number of alkyl halides is 3. The number of furan rings is 1. The van der Waals surface area contributed by atoms with Crippen molar-refractivity contribution in [3.8, 4) is 11.3 Å². The van der Waals surface area contributed by atoms with Gasteiger partial charge in [-0.15, -0.1) is 0 Å². The molecular formula is C21H17ClF3NO4S2. The molecule has 11 heteroatoms. The number of hydrogen-bond donors (Lipinski definition) is 1. The molecule has 1 aromatic heterocycles. The molecule has 1 aliphatic rings. The van der Waals surface area contributed by atoms with Crippen molar-refractivity contribution in [3.05, 3.63) is 51.6 Å². The first-order chi connectivity index (χ1) is 15.1. The minimum Gasteiger partial charge on any atom is -0.481 e. The third-order valence-electron chi connectivity index (χ3n) is 4.61. The lowest BCUT2D eigenvalue weighted by molar-refractivity contribution is -0.138. The second kappa shape index (κ2) is 10.1. The van der Waals surface area contributed by atoms with Crippen LogP contribution in [-0.2, 0) is 15.8 Å². The zero-order valence-electron chi connectivity index (χ0n) is 16.4. The van der Waals surface area contributed by atoms with Crippen LogP contribution in [0.4, 0.5) is 13.2 Å². The van der Waals surface area contributed by atoms with Crippen LogP contribution in [0, 0.1) is 0 Å². The van der Waals surface area contributed by atoms with E-state index >= 15 is 0 Å². The minimum atomic E-state index is -4.55. The fourth-order valence-corrected chi connectivity index (χ4v) is 4.61. The van der Waals surface area contributed by atoms with E-state index in [1.807, 2.05) is 0 Å². The fraction of sp³-hybridized carbons (Fsp3) is 0.286. The number of thioether (sulfide) groups is 1. The molecule has 0 bridgehead atoms. The van der Waals surface area contributed by atoms with Gasteiger partial charge in [0.25, 0.3) is 5.91 Å². The third-order valence-corrected chi connectivity index (χ3v) is 6.30. The van der Waals surface area contributed by atoms with E-state index in [4.69, 9.17) is 33.3 Å². The highest BCUT2D eigenvalue weighted by Crippen LogP contribution is 2.38. The van der Waals surface area contributed by atoms with E-state index in [1.54, 1.807) is 12.1 Å². The van der Waals surface area contributed by atoms with Gasteiger partial charge >= 0.3 is 12.1 Å². The number of nitrogens with zero attached hydrogens (tertiary/aromatic N) is 1. The normalized spacial score (nSPS) is 15.8. The molecule has 32 heavy (non-hydrogen) atoms. The summed E-state index contributed by atoms with van der Waals surface area (Å²) in [5.41, 5.74) is -0.558. The molecule has 0 atom stereocenters. The molecule has 2 heterocycles. The Morgan fingerprint density at radius 3 is 2.62 bits per heavy atom. The Kier molecular flexibility index (Phi) is 7.68. The molecule has 1 aromatic carbocycles. The van der Waals surface area contributed by atoms with Gasteiger partial charge in [-0.25, -0.2) is 0 Å². The van der Waals surface area contributed by atoms with E-state index in [2.05, 4.69) is 0 Å². The standard InChI is InChI=1S/C21H17ClF3NO4S2/c22-15-10-12(5-7-14(15)21(23,24)25)16-8-6-13(30-16)11-17-19(29)26(20(31)32-17)9-3-1-2-4-18(27)28/h5-8,10-11H,1-4,9H2,(H,27,28)/b17-11+. The first kappa shape index (κ1) is 24.3. The molecule has 0 radical (unpaired) electrons. The molecule has 1 N–H and O–H groups in total. The maximum absolute atomic E-state index is 12.9. The molecule has 1 fully saturated rings. The number of carbonyl (C=O) groups excluding carboxylic acids is 1. The van der Waals surface area contributed by atoms with Gasteiger partial charge in [-0.2, -0.15) is 13.2 Å². The smallest absolute Gasteiger partial charge is 0.417 e. The van der Waals surface area contributed by atoms with Gasteiger partial charge in [0.15, 0.2) is 0 Å². The van der Waals surface area contributed by atoms with Crippen LogP contribution in [0.25, 0.3) is 17.4 Å². The van der Waals surface area contributed by atoms with E-state index in [1.165, 1.54) is 23.1 Å². The Labute approximate surface area is 196 Å². The van der Waals surface area contributed by atoms with E-state index in [-0.39, 0.29) is 12.3 Å². The highest BCUT2D eigenvalue weighted by molar-refractivity contribution is 8.26. The van der Waals surface area contributed by atoms with Gasteiger partial charge in [-0.3, -0.25) is 14.5 Å². The van der Waals surface area contributed by atoms with Crippen molar-refractivity contribution in [1.29, 1.82) is 0 Å². The van der Waals surface area contributed by atoms with Gasteiger partial charge in [-0.05, 0) is 37.1 Å². The summed E-state index contributed by atoms with van der Waals surface area (Å²) < 4.78 is 44.7. The van der Waals surface area contributed by atoms with E-state index < -0.39 is 22.7 Å². The van der Waals surface area contributed by atoms with Gasteiger partial charge in [0.2, 0.25) is 0 Å². The van der Waals surface area contributed by atoms with Crippen molar-refractivity contribution < 1.29 is 32.3 Å². The summed E-state index contributed by atoms with van der Waals surface area (Å²) in [6.45, 7) is 0.398. The van der Waals surface area contributed by atoms with Gasteiger partial charge in [0.05, 0.1) is 15.5 Å². The highest BCUT2D eigenvalue weighted by Gasteiger charge is 2.33. The van der Waals surface area contributed by atoms with Crippen LogP contribution in [0.5, 0.6) is 0 Å². The number of benzene rings is 1. The number of amides is 1. The van der Waals surface area contributed by atoms with Gasteiger partial charge in [0.1, 0.15) is 15.8 Å². The molecule has 0 unspecified atom stereocenters. The number of rotatable bonds is 8. The first-order valence-corrected chi connectivity index (χ1v) is 11.1. The molecule has 1 saturated heterocycles. The van der Waals surface area contributed by atoms with Crippen LogP contribution in [0.3, 0.4) is 0 Å². The lowest BCUT2D eigenvalue weighted by Gasteiger charge is -2.13. The minimum absolute atomic E-state index is 0.0866. The molecule has 0 spiro atoms. The van der Waals surface area contributed by atoms with Crippen molar-refractivity contribution >= 4 is 57.9 Å². The topological polar surface area (TPSA) is 70.8 Å². The molecule has 1 amide bonds. The van der Waals surface area contributed by atoms with Crippen molar-refractivity contribution in [3.63, 3.8) is 0 Å². The summed E-state index contributed by atoms with van der Waals surface area (Å²) in [7, 11) is 0. The number of carboxylic acids is 1. The molecule has 3 rings (SSSR count). The number of carboxylic acid groups (broad SMARTS) is 1. The van der Waals surface area contributed by atoms with Crippen LogP contribution in [-0.4, -0.2) is 32.7 Å². The number of hydrogen-bond acceptors (Lipinski definition) is 5. The van der Waals surface area contributed by atoms with Crippen LogP contribution in [0.15, 0.2) is 39.7 Å². The first-order valence-electron chi connectivity index (χ1n) is 9.50. The zero-order valence-corrected chi connectivity index (χ0v) is 18.8. The van der Waals surface area contributed by atoms with Crippen LogP contribution < -0.4 is 0 Å². The fourth-order valence-electron chi connectivity index (χ4n) is 3.03. The Bertz CT molecular complexity index is 1080. The Morgan fingerprint density at radius 1 is 1.22 bits per heavy atom. The summed E-state index contributed by atoms with van der Waals surface area (Å²) in [4.78, 5) is 25.0. The predicted molar refractivity (Wildman–Crippen MR) is 120 cm³/mol. The Balaban J connectivity index is 1.67. The molecule has 0 saturated carbocycles. The number of carbonyl (C=O) groups is 2. The average Bonchev–Trinajstić information content (AvgIpc) is 3.26. The van der Waals surface area contributed by atoms with Crippen molar-refractivity contribution in [2.45, 2.75) is 31.9 Å². The third kappa shape index (κ3) is 5.93. The van der Waals surface area contributed by atoms with E-state index in [9.17, 15) is 22.8 Å². The van der Waals surface area contributed by atoms with E-state index in [0.29, 0.717) is 52.1 Å². The molecule has 170 valence electrons. The lowest BCUT2D eigenvalue weighted by Crippen LogP contribution is -2.29. The van der Waals surface area contributed by atoms with Crippen molar-refractivity contribution in [1.82, 2.24) is 4.90 Å². The second-order valence-electron chi connectivity index (χ2n) is 6.93. The SMILES string of the molecule is O=C(O)CCCCCN1C(=O)/C(=C\c2ccc(-c3ccc(C(F)(F)F)c(Cl)c3)o2)SC1=S. The lowest BCUT2D eigenvalue weighted by atomic mass is 10.1. The number of aliphatic carboxylic acids is 1. The summed E-state index contributed by atoms with van der Waals surface area (Å²) >= 11 is 12.2. The number of unbranched alkanes of at least 4 members (excludes halogenated alkanes) is 2. The highest BCUT2D eigenvalue weighted by atomic mass is 35.5. The van der Waals surface area contributed by atoms with Crippen molar-refractivity contribution in [2.75, 3.05) is 6.54 Å². The maximum Gasteiger partial charge on any atom is 0.417 e. The second-order valence-corrected chi connectivity index (χ2v) is 9.02. The zero-order chi connectivity index (χ0) is 23.5. The van der Waals surface area contributed by atoms with Crippen LogP contribution in [0.2, 0.25) is 5.02 Å².